The second-order valence-electron chi connectivity index (χ2n) is 3.31. The van der Waals surface area contributed by atoms with E-state index >= 15 is 0 Å². The highest BCUT2D eigenvalue weighted by Gasteiger charge is 1.92. The predicted octanol–water partition coefficient (Wildman–Crippen LogP) is 2.46. The number of para-hydroxylation sites is 1. The molecule has 0 aliphatic rings. The van der Waals surface area contributed by atoms with Crippen LogP contribution in [-0.2, 0) is 4.74 Å². The van der Waals surface area contributed by atoms with Gasteiger partial charge in [-0.2, -0.15) is 0 Å². The van der Waals surface area contributed by atoms with Gasteiger partial charge in [0.25, 0.3) is 0 Å². The van der Waals surface area contributed by atoms with Crippen LogP contribution in [0.25, 0.3) is 0 Å². The van der Waals surface area contributed by atoms with Crippen molar-refractivity contribution in [1.82, 2.24) is 0 Å². The number of hydrogen-bond donors (Lipinski definition) is 2. The molecule has 5 heteroatoms. The van der Waals surface area contributed by atoms with Crippen molar-refractivity contribution in [1.29, 1.82) is 0 Å². The molecule has 0 spiro atoms. The van der Waals surface area contributed by atoms with E-state index in [0.29, 0.717) is 12.5 Å². The number of anilines is 1. The third-order valence-electron chi connectivity index (χ3n) is 1.98. The minimum atomic E-state index is 0. The van der Waals surface area contributed by atoms with Crippen LogP contribution in [0.15, 0.2) is 35.3 Å². The molecular weight excluding hydrogens is 329 g/mol. The monoisotopic (exact) mass is 349 g/mol. The molecule has 3 N–H and O–H groups in total. The Morgan fingerprint density at radius 2 is 2.06 bits per heavy atom. The van der Waals surface area contributed by atoms with E-state index in [9.17, 15) is 0 Å². The molecule has 1 rings (SSSR count). The summed E-state index contributed by atoms with van der Waals surface area (Å²) in [6.07, 6.45) is 0.894. The molecule has 17 heavy (non-hydrogen) atoms. The second-order valence-corrected chi connectivity index (χ2v) is 3.31. The third kappa shape index (κ3) is 7.98. The van der Waals surface area contributed by atoms with Crippen molar-refractivity contribution in [3.63, 3.8) is 0 Å². The zero-order valence-corrected chi connectivity index (χ0v) is 12.4. The van der Waals surface area contributed by atoms with E-state index in [2.05, 4.69) is 10.3 Å². The molecule has 1 aromatic rings. The largest absolute Gasteiger partial charge is 0.382 e. The number of guanidine groups is 1. The van der Waals surface area contributed by atoms with Crippen LogP contribution in [0.1, 0.15) is 13.3 Å². The molecule has 0 aliphatic carbocycles. The summed E-state index contributed by atoms with van der Waals surface area (Å²) in [5, 5.41) is 3.02. The van der Waals surface area contributed by atoms with Gasteiger partial charge in [0.1, 0.15) is 0 Å². The maximum atomic E-state index is 5.72. The lowest BCUT2D eigenvalue weighted by molar-refractivity contribution is 0.146. The number of aliphatic imine (C=N–C) groups is 1. The molecule has 1 aromatic carbocycles. The van der Waals surface area contributed by atoms with Gasteiger partial charge in [0.2, 0.25) is 0 Å². The normalized spacial score (nSPS) is 10.8. The van der Waals surface area contributed by atoms with Crippen molar-refractivity contribution in [2.24, 2.45) is 10.7 Å². The number of ether oxygens (including phenoxy) is 1. The van der Waals surface area contributed by atoms with Gasteiger partial charge in [-0.05, 0) is 25.5 Å². The lowest BCUT2D eigenvalue weighted by Crippen LogP contribution is -2.22. The Balaban J connectivity index is 0.00000256. The lowest BCUT2D eigenvalue weighted by atomic mass is 10.3. The van der Waals surface area contributed by atoms with Crippen molar-refractivity contribution in [3.8, 4) is 0 Å². The number of nitrogens with one attached hydrogen (secondary N) is 1. The number of halogens is 1. The van der Waals surface area contributed by atoms with Crippen LogP contribution in [0, 0.1) is 0 Å². The van der Waals surface area contributed by atoms with Crippen LogP contribution in [-0.4, -0.2) is 25.7 Å². The highest BCUT2D eigenvalue weighted by molar-refractivity contribution is 14.0. The molecule has 0 saturated heterocycles. The Bertz CT molecular complexity index is 317. The molecule has 0 amide bonds. The Hall–Kier alpha value is -0.820. The Morgan fingerprint density at radius 1 is 1.35 bits per heavy atom. The first-order valence-corrected chi connectivity index (χ1v) is 5.52. The van der Waals surface area contributed by atoms with Crippen molar-refractivity contribution in [2.45, 2.75) is 13.3 Å². The van der Waals surface area contributed by atoms with E-state index in [1.165, 1.54) is 0 Å². The first-order chi connectivity index (χ1) is 7.83. The molecule has 0 heterocycles. The standard InChI is InChI=1S/C12H19N3O.HI/c1-2-16-10-6-9-14-12(13)15-11-7-4-3-5-8-11;/h3-5,7-8H,2,6,9-10H2,1H3,(H3,13,14,15);1H. The van der Waals surface area contributed by atoms with Crippen LogP contribution in [0.4, 0.5) is 5.69 Å². The van der Waals surface area contributed by atoms with Crippen LogP contribution in [0.3, 0.4) is 0 Å². The highest BCUT2D eigenvalue weighted by atomic mass is 127. The molecule has 96 valence electrons. The van der Waals surface area contributed by atoms with E-state index in [4.69, 9.17) is 10.5 Å². The average Bonchev–Trinajstić information content (AvgIpc) is 2.30. The van der Waals surface area contributed by atoms with Crippen molar-refractivity contribution in [3.05, 3.63) is 30.3 Å². The van der Waals surface area contributed by atoms with E-state index in [1.807, 2.05) is 37.3 Å². The second kappa shape index (κ2) is 10.3. The van der Waals surface area contributed by atoms with Gasteiger partial charge in [0.15, 0.2) is 5.96 Å². The lowest BCUT2D eigenvalue weighted by Gasteiger charge is -2.04. The fraction of sp³-hybridized carbons (Fsp3) is 0.417. The van der Waals surface area contributed by atoms with E-state index in [-0.39, 0.29) is 24.0 Å². The van der Waals surface area contributed by atoms with Crippen LogP contribution < -0.4 is 11.1 Å². The molecular formula is C12H20IN3O. The number of nitrogens with zero attached hydrogens (tertiary/aromatic N) is 1. The fourth-order valence-corrected chi connectivity index (χ4v) is 1.22. The zero-order valence-electron chi connectivity index (χ0n) is 10.1. The average molecular weight is 349 g/mol. The van der Waals surface area contributed by atoms with E-state index in [0.717, 1.165) is 25.3 Å². The van der Waals surface area contributed by atoms with Gasteiger partial charge in [-0.3, -0.25) is 4.99 Å². The first kappa shape index (κ1) is 16.2. The third-order valence-corrected chi connectivity index (χ3v) is 1.98. The highest BCUT2D eigenvalue weighted by Crippen LogP contribution is 2.03. The quantitative estimate of drug-likeness (QED) is 0.359. The van der Waals surface area contributed by atoms with Crippen LogP contribution in [0.5, 0.6) is 0 Å². The summed E-state index contributed by atoms with van der Waals surface area (Å²) in [4.78, 5) is 4.19. The molecule has 0 unspecified atom stereocenters. The molecule has 0 bridgehead atoms. The maximum Gasteiger partial charge on any atom is 0.193 e. The number of benzene rings is 1. The van der Waals surface area contributed by atoms with E-state index in [1.54, 1.807) is 0 Å². The molecule has 0 fully saturated rings. The zero-order chi connectivity index (χ0) is 11.6. The predicted molar refractivity (Wildman–Crippen MR) is 83.1 cm³/mol. The molecule has 0 radical (unpaired) electrons. The number of rotatable bonds is 6. The summed E-state index contributed by atoms with van der Waals surface area (Å²) < 4.78 is 5.20. The molecule has 0 saturated carbocycles. The van der Waals surface area contributed by atoms with E-state index < -0.39 is 0 Å². The molecule has 4 nitrogen and oxygen atoms in total. The van der Waals surface area contributed by atoms with Gasteiger partial charge >= 0.3 is 0 Å². The van der Waals surface area contributed by atoms with Crippen LogP contribution >= 0.6 is 24.0 Å². The van der Waals surface area contributed by atoms with Crippen molar-refractivity contribution < 1.29 is 4.74 Å². The maximum absolute atomic E-state index is 5.72. The molecule has 0 aromatic heterocycles. The smallest absolute Gasteiger partial charge is 0.193 e. The van der Waals surface area contributed by atoms with Crippen LogP contribution in [0.2, 0.25) is 0 Å². The van der Waals surface area contributed by atoms with Gasteiger partial charge in [-0.15, -0.1) is 24.0 Å². The Kier molecular flexibility index (Phi) is 9.84. The molecule has 0 atom stereocenters. The number of hydrogen-bond acceptors (Lipinski definition) is 2. The summed E-state index contributed by atoms with van der Waals surface area (Å²) >= 11 is 0. The van der Waals surface area contributed by atoms with Gasteiger partial charge in [0, 0.05) is 25.4 Å². The first-order valence-electron chi connectivity index (χ1n) is 5.52. The molecule has 0 aliphatic heterocycles. The summed E-state index contributed by atoms with van der Waals surface area (Å²) in [7, 11) is 0. The van der Waals surface area contributed by atoms with Crippen molar-refractivity contribution >= 4 is 35.6 Å². The minimum Gasteiger partial charge on any atom is -0.382 e. The summed E-state index contributed by atoms with van der Waals surface area (Å²) in [6.45, 7) is 4.15. The fourth-order valence-electron chi connectivity index (χ4n) is 1.22. The number of nitrogens with two attached hydrogens (primary N) is 1. The topological polar surface area (TPSA) is 59.6 Å². The van der Waals surface area contributed by atoms with Gasteiger partial charge < -0.3 is 15.8 Å². The van der Waals surface area contributed by atoms with Gasteiger partial charge in [0.05, 0.1) is 0 Å². The summed E-state index contributed by atoms with van der Waals surface area (Å²) in [5.41, 5.74) is 6.67. The van der Waals surface area contributed by atoms with Gasteiger partial charge in [-0.1, -0.05) is 18.2 Å². The minimum absolute atomic E-state index is 0. The Labute approximate surface area is 120 Å². The van der Waals surface area contributed by atoms with Gasteiger partial charge in [-0.25, -0.2) is 0 Å². The Morgan fingerprint density at radius 3 is 2.71 bits per heavy atom. The van der Waals surface area contributed by atoms with Crippen molar-refractivity contribution in [2.75, 3.05) is 25.1 Å². The summed E-state index contributed by atoms with van der Waals surface area (Å²) in [5.74, 6) is 0.447. The SMILES string of the molecule is CCOCCCN=C(N)Nc1ccccc1.I. The summed E-state index contributed by atoms with van der Waals surface area (Å²) in [6, 6.07) is 9.75.